The molecule has 1 amide bonds. The second-order valence-electron chi connectivity index (χ2n) is 7.19. The Morgan fingerprint density at radius 1 is 1.16 bits per heavy atom. The van der Waals surface area contributed by atoms with Gasteiger partial charge in [0.1, 0.15) is 22.1 Å². The number of aryl methyl sites for hydroxylation is 1. The van der Waals surface area contributed by atoms with Crippen LogP contribution in [0.5, 0.6) is 0 Å². The Morgan fingerprint density at radius 3 is 2.61 bits per heavy atom. The predicted molar refractivity (Wildman–Crippen MR) is 118 cm³/mol. The Balaban J connectivity index is 1.48. The third-order valence-corrected chi connectivity index (χ3v) is 6.47. The van der Waals surface area contributed by atoms with Crippen molar-refractivity contribution in [2.45, 2.75) is 20.4 Å². The van der Waals surface area contributed by atoms with Crippen LogP contribution in [0.15, 0.2) is 35.5 Å². The molecule has 4 rings (SSSR count). The molecule has 0 bridgehead atoms. The van der Waals surface area contributed by atoms with Crippen LogP contribution in [0, 0.1) is 6.92 Å². The van der Waals surface area contributed by atoms with E-state index >= 15 is 0 Å². The maximum Gasteiger partial charge on any atom is 0.348 e. The van der Waals surface area contributed by atoms with Gasteiger partial charge in [0.15, 0.2) is 0 Å². The number of ether oxygens (including phenoxy) is 1. The molecule has 1 aliphatic rings. The molecule has 162 valence electrons. The first kappa shape index (κ1) is 21.0. The van der Waals surface area contributed by atoms with Gasteiger partial charge >= 0.3 is 5.97 Å². The zero-order valence-corrected chi connectivity index (χ0v) is 18.2. The van der Waals surface area contributed by atoms with Crippen molar-refractivity contribution in [3.8, 4) is 0 Å². The van der Waals surface area contributed by atoms with E-state index in [4.69, 9.17) is 4.74 Å². The first-order valence-electron chi connectivity index (χ1n) is 10.1. The molecule has 3 aromatic heterocycles. The second-order valence-corrected chi connectivity index (χ2v) is 8.19. The van der Waals surface area contributed by atoms with E-state index in [0.717, 1.165) is 17.2 Å². The average Bonchev–Trinajstić information content (AvgIpc) is 3.13. The highest BCUT2D eigenvalue weighted by atomic mass is 32.1. The molecule has 0 saturated carbocycles. The molecule has 3 aromatic rings. The summed E-state index contributed by atoms with van der Waals surface area (Å²) in [5, 5.41) is 0.364. The molecule has 4 heterocycles. The van der Waals surface area contributed by atoms with Crippen LogP contribution >= 0.6 is 11.3 Å². The van der Waals surface area contributed by atoms with Crippen LogP contribution in [0.1, 0.15) is 22.2 Å². The number of fused-ring (bicyclic) bond motifs is 1. The lowest BCUT2D eigenvalue weighted by atomic mass is 10.2. The molecule has 0 spiro atoms. The van der Waals surface area contributed by atoms with Gasteiger partial charge < -0.3 is 14.5 Å². The summed E-state index contributed by atoms with van der Waals surface area (Å²) in [4.78, 5) is 51.3. The number of thiophene rings is 1. The minimum atomic E-state index is -0.462. The van der Waals surface area contributed by atoms with Crippen molar-refractivity contribution in [2.75, 3.05) is 37.7 Å². The van der Waals surface area contributed by atoms with Crippen molar-refractivity contribution in [1.82, 2.24) is 19.4 Å². The fraction of sp³-hybridized carbons (Fsp3) is 0.381. The van der Waals surface area contributed by atoms with Crippen LogP contribution in [0.4, 0.5) is 5.82 Å². The first-order chi connectivity index (χ1) is 15.0. The average molecular weight is 442 g/mol. The molecule has 9 nitrogen and oxygen atoms in total. The minimum Gasteiger partial charge on any atom is -0.462 e. The van der Waals surface area contributed by atoms with E-state index in [2.05, 4.69) is 14.9 Å². The molecule has 0 atom stereocenters. The predicted octanol–water partition coefficient (Wildman–Crippen LogP) is 1.69. The number of carbonyl (C=O) groups is 2. The summed E-state index contributed by atoms with van der Waals surface area (Å²) in [6.45, 7) is 6.09. The van der Waals surface area contributed by atoms with Gasteiger partial charge in [0.2, 0.25) is 5.91 Å². The van der Waals surface area contributed by atoms with Gasteiger partial charge in [-0.3, -0.25) is 14.2 Å². The number of amides is 1. The molecule has 0 N–H and O–H groups in total. The van der Waals surface area contributed by atoms with E-state index in [0.29, 0.717) is 46.8 Å². The van der Waals surface area contributed by atoms with Gasteiger partial charge in [-0.05, 0) is 31.5 Å². The highest BCUT2D eigenvalue weighted by molar-refractivity contribution is 7.20. The molecule has 1 saturated heterocycles. The number of aromatic nitrogens is 3. The van der Waals surface area contributed by atoms with E-state index in [-0.39, 0.29) is 24.6 Å². The van der Waals surface area contributed by atoms with Gasteiger partial charge in [-0.1, -0.05) is 6.07 Å². The van der Waals surface area contributed by atoms with Crippen LogP contribution in [0.25, 0.3) is 10.2 Å². The molecule has 31 heavy (non-hydrogen) atoms. The quantitative estimate of drug-likeness (QED) is 0.556. The number of piperazine rings is 1. The van der Waals surface area contributed by atoms with Gasteiger partial charge in [0.05, 0.1) is 18.3 Å². The van der Waals surface area contributed by atoms with Gasteiger partial charge in [-0.25, -0.2) is 14.8 Å². The van der Waals surface area contributed by atoms with Crippen molar-refractivity contribution in [2.24, 2.45) is 0 Å². The summed E-state index contributed by atoms with van der Waals surface area (Å²) in [7, 11) is 0. The third kappa shape index (κ3) is 4.15. The summed E-state index contributed by atoms with van der Waals surface area (Å²) in [5.41, 5.74) is 0.219. The molecule has 10 heteroatoms. The van der Waals surface area contributed by atoms with Crippen LogP contribution in [0.2, 0.25) is 0 Å². The normalized spacial score (nSPS) is 14.1. The smallest absolute Gasteiger partial charge is 0.348 e. The molecule has 0 unspecified atom stereocenters. The number of hydrogen-bond acceptors (Lipinski definition) is 8. The molecule has 1 aliphatic heterocycles. The van der Waals surface area contributed by atoms with Gasteiger partial charge in [0, 0.05) is 32.4 Å². The molecule has 1 fully saturated rings. The standard InChI is InChI=1S/C21H23N5O4S/c1-3-30-21(29)18-14(2)17-19(31-18)23-13-26(20(17)28)12-16(27)25-10-8-24(9-11-25)15-6-4-5-7-22-15/h4-7,13H,3,8-12H2,1-2H3. The lowest BCUT2D eigenvalue weighted by Crippen LogP contribution is -2.50. The van der Waals surface area contributed by atoms with Crippen LogP contribution in [0.3, 0.4) is 0 Å². The zero-order chi connectivity index (χ0) is 22.0. The van der Waals surface area contributed by atoms with Crippen LogP contribution < -0.4 is 10.5 Å². The Hall–Kier alpha value is -3.27. The SMILES string of the molecule is CCOC(=O)c1sc2ncn(CC(=O)N3CCN(c4ccccn4)CC3)c(=O)c2c1C. The van der Waals surface area contributed by atoms with E-state index in [1.54, 1.807) is 24.9 Å². The first-order valence-corrected chi connectivity index (χ1v) is 10.9. The van der Waals surface area contributed by atoms with Crippen molar-refractivity contribution < 1.29 is 14.3 Å². The Bertz CT molecular complexity index is 1170. The van der Waals surface area contributed by atoms with Gasteiger partial charge in [-0.15, -0.1) is 11.3 Å². The topological polar surface area (TPSA) is 97.6 Å². The Kier molecular flexibility index (Phi) is 5.99. The lowest BCUT2D eigenvalue weighted by Gasteiger charge is -2.35. The maximum absolute atomic E-state index is 13.0. The summed E-state index contributed by atoms with van der Waals surface area (Å²) < 4.78 is 6.37. The van der Waals surface area contributed by atoms with E-state index in [1.807, 2.05) is 18.2 Å². The highest BCUT2D eigenvalue weighted by Crippen LogP contribution is 2.27. The van der Waals surface area contributed by atoms with E-state index in [9.17, 15) is 14.4 Å². The fourth-order valence-electron chi connectivity index (χ4n) is 3.63. The molecule has 0 aromatic carbocycles. The van der Waals surface area contributed by atoms with Gasteiger partial charge in [-0.2, -0.15) is 0 Å². The number of pyridine rings is 1. The number of carbonyl (C=O) groups excluding carboxylic acids is 2. The van der Waals surface area contributed by atoms with Crippen LogP contribution in [-0.2, 0) is 16.1 Å². The second kappa shape index (κ2) is 8.84. The van der Waals surface area contributed by atoms with Crippen molar-refractivity contribution in [3.05, 3.63) is 51.5 Å². The summed E-state index contributed by atoms with van der Waals surface area (Å²) in [6.07, 6.45) is 3.12. The van der Waals surface area contributed by atoms with E-state index in [1.165, 1.54) is 10.9 Å². The summed E-state index contributed by atoms with van der Waals surface area (Å²) in [6, 6.07) is 5.76. The zero-order valence-electron chi connectivity index (χ0n) is 17.4. The van der Waals surface area contributed by atoms with Crippen molar-refractivity contribution in [3.63, 3.8) is 0 Å². The Morgan fingerprint density at radius 2 is 1.94 bits per heavy atom. The maximum atomic E-state index is 13.0. The fourth-order valence-corrected chi connectivity index (χ4v) is 4.67. The number of nitrogens with zero attached hydrogens (tertiary/aromatic N) is 5. The summed E-state index contributed by atoms with van der Waals surface area (Å²) >= 11 is 1.13. The van der Waals surface area contributed by atoms with Gasteiger partial charge in [0.25, 0.3) is 5.56 Å². The molecule has 0 radical (unpaired) electrons. The third-order valence-electron chi connectivity index (χ3n) is 5.29. The molecule has 0 aliphatic carbocycles. The Labute approximate surface area is 182 Å². The molecular formula is C21H23N5O4S. The van der Waals surface area contributed by atoms with Crippen LogP contribution in [-0.4, -0.2) is 64.1 Å². The number of esters is 1. The van der Waals surface area contributed by atoms with Crippen molar-refractivity contribution in [1.29, 1.82) is 0 Å². The summed E-state index contributed by atoms with van der Waals surface area (Å²) in [5.74, 6) is 0.295. The lowest BCUT2D eigenvalue weighted by molar-refractivity contribution is -0.132. The van der Waals surface area contributed by atoms with Crippen molar-refractivity contribution >= 4 is 39.2 Å². The molecular weight excluding hydrogens is 418 g/mol. The number of hydrogen-bond donors (Lipinski definition) is 0. The largest absolute Gasteiger partial charge is 0.462 e. The number of rotatable bonds is 5. The minimum absolute atomic E-state index is 0.0879. The highest BCUT2D eigenvalue weighted by Gasteiger charge is 2.24. The number of anilines is 1. The monoisotopic (exact) mass is 441 g/mol. The van der Waals surface area contributed by atoms with E-state index < -0.39 is 5.97 Å².